The summed E-state index contributed by atoms with van der Waals surface area (Å²) in [5.74, 6) is 0.301. The Hall–Kier alpha value is -2.28. The van der Waals surface area contributed by atoms with Gasteiger partial charge in [-0.1, -0.05) is 66.8 Å². The average molecular weight is 266 g/mol. The van der Waals surface area contributed by atoms with Crippen LogP contribution in [0.5, 0.6) is 5.75 Å². The van der Waals surface area contributed by atoms with Crippen molar-refractivity contribution < 1.29 is 5.11 Å². The number of aromatic hydroxyl groups is 1. The Morgan fingerprint density at radius 2 is 1.55 bits per heavy atom. The molecule has 2 aromatic rings. The second-order valence-corrected chi connectivity index (χ2v) is 4.95. The van der Waals surface area contributed by atoms with Crippen LogP contribution in [0.1, 0.15) is 30.5 Å². The molecule has 20 heavy (non-hydrogen) atoms. The van der Waals surface area contributed by atoms with Gasteiger partial charge in [0.25, 0.3) is 0 Å². The van der Waals surface area contributed by atoms with E-state index in [2.05, 4.69) is 44.3 Å². The third kappa shape index (κ3) is 4.77. The first-order valence-electron chi connectivity index (χ1n) is 6.58. The van der Waals surface area contributed by atoms with E-state index in [9.17, 15) is 5.11 Å². The van der Waals surface area contributed by atoms with Crippen molar-refractivity contribution in [2.45, 2.75) is 20.8 Å². The van der Waals surface area contributed by atoms with Crippen LogP contribution in [0.15, 0.2) is 61.7 Å². The van der Waals surface area contributed by atoms with E-state index in [1.54, 1.807) is 12.1 Å². The lowest BCUT2D eigenvalue weighted by Crippen LogP contribution is -1.77. The monoisotopic (exact) mass is 266 g/mol. The van der Waals surface area contributed by atoms with Gasteiger partial charge in [0.05, 0.1) is 0 Å². The second kappa shape index (κ2) is 7.34. The molecule has 0 radical (unpaired) electrons. The number of hydrogen-bond donors (Lipinski definition) is 1. The highest BCUT2D eigenvalue weighted by Gasteiger charge is 1.97. The van der Waals surface area contributed by atoms with Crippen molar-refractivity contribution >= 4 is 11.1 Å². The van der Waals surface area contributed by atoms with E-state index in [0.717, 1.165) is 16.7 Å². The van der Waals surface area contributed by atoms with E-state index in [1.165, 1.54) is 11.1 Å². The van der Waals surface area contributed by atoms with Crippen LogP contribution in [0.2, 0.25) is 0 Å². The molecule has 0 aliphatic carbocycles. The fourth-order valence-corrected chi connectivity index (χ4v) is 1.75. The van der Waals surface area contributed by atoms with Crippen LogP contribution in [0.3, 0.4) is 0 Å². The minimum Gasteiger partial charge on any atom is -0.507 e. The molecule has 0 aliphatic rings. The molecule has 0 saturated heterocycles. The van der Waals surface area contributed by atoms with E-state index in [-0.39, 0.29) is 0 Å². The van der Waals surface area contributed by atoms with E-state index in [0.29, 0.717) is 5.75 Å². The molecule has 2 rings (SSSR count). The normalized spacial score (nSPS) is 9.35. The summed E-state index contributed by atoms with van der Waals surface area (Å²) in [5, 5.41) is 9.22. The van der Waals surface area contributed by atoms with Crippen LogP contribution in [0.4, 0.5) is 0 Å². The topological polar surface area (TPSA) is 20.2 Å². The molecule has 2 aromatic carbocycles. The van der Waals surface area contributed by atoms with Crippen LogP contribution in [-0.2, 0) is 0 Å². The molecule has 0 aliphatic heterocycles. The van der Waals surface area contributed by atoms with Crippen molar-refractivity contribution in [3.63, 3.8) is 0 Å². The number of phenols is 1. The van der Waals surface area contributed by atoms with Gasteiger partial charge in [-0.15, -0.1) is 0 Å². The van der Waals surface area contributed by atoms with Crippen LogP contribution in [-0.4, -0.2) is 5.11 Å². The fraction of sp³-hybridized carbons (Fsp3) is 0.158. The van der Waals surface area contributed by atoms with Gasteiger partial charge in [0, 0.05) is 5.56 Å². The Kier molecular flexibility index (Phi) is 5.79. The third-order valence-corrected chi connectivity index (χ3v) is 2.87. The quantitative estimate of drug-likeness (QED) is 0.766. The lowest BCUT2D eigenvalue weighted by Gasteiger charge is -2.00. The van der Waals surface area contributed by atoms with Gasteiger partial charge in [-0.2, -0.15) is 0 Å². The molecule has 1 N–H and O–H groups in total. The molecule has 0 saturated carbocycles. The molecular weight excluding hydrogens is 244 g/mol. The molecule has 1 heteroatoms. The molecule has 0 fully saturated rings. The van der Waals surface area contributed by atoms with Gasteiger partial charge in [0.1, 0.15) is 5.75 Å². The van der Waals surface area contributed by atoms with Crippen LogP contribution >= 0.6 is 0 Å². The number of benzene rings is 2. The molecule has 0 amide bonds. The second-order valence-electron chi connectivity index (χ2n) is 4.95. The minimum absolute atomic E-state index is 0.301. The summed E-state index contributed by atoms with van der Waals surface area (Å²) in [6, 6.07) is 15.5. The molecule has 104 valence electrons. The van der Waals surface area contributed by atoms with Crippen LogP contribution in [0.25, 0.3) is 11.1 Å². The predicted octanol–water partition coefficient (Wildman–Crippen LogP) is 5.45. The van der Waals surface area contributed by atoms with Crippen molar-refractivity contribution in [1.29, 1.82) is 0 Å². The van der Waals surface area contributed by atoms with Crippen molar-refractivity contribution in [3.05, 3.63) is 78.4 Å². The summed E-state index contributed by atoms with van der Waals surface area (Å²) in [5.41, 5.74) is 5.37. The number of aryl methyl sites for hydroxylation is 1. The summed E-state index contributed by atoms with van der Waals surface area (Å²) >= 11 is 0. The maximum absolute atomic E-state index is 9.22. The zero-order valence-electron chi connectivity index (χ0n) is 12.5. The fourth-order valence-electron chi connectivity index (χ4n) is 1.75. The zero-order valence-corrected chi connectivity index (χ0v) is 12.5. The van der Waals surface area contributed by atoms with Gasteiger partial charge in [-0.05, 0) is 38.0 Å². The number of rotatable bonds is 2. The maximum atomic E-state index is 9.22. The first-order valence-corrected chi connectivity index (χ1v) is 6.58. The van der Waals surface area contributed by atoms with E-state index in [4.69, 9.17) is 0 Å². The van der Waals surface area contributed by atoms with Gasteiger partial charge in [0.2, 0.25) is 0 Å². The van der Waals surface area contributed by atoms with Gasteiger partial charge in [-0.25, -0.2) is 0 Å². The lowest BCUT2D eigenvalue weighted by atomic mass is 10.1. The summed E-state index contributed by atoms with van der Waals surface area (Å²) in [6.45, 7) is 13.6. The smallest absolute Gasteiger partial charge is 0.123 e. The largest absolute Gasteiger partial charge is 0.507 e. The Bertz CT molecular complexity index is 609. The van der Waals surface area contributed by atoms with Crippen LogP contribution < -0.4 is 0 Å². The molecule has 0 unspecified atom stereocenters. The Morgan fingerprint density at radius 1 is 0.900 bits per heavy atom. The van der Waals surface area contributed by atoms with Gasteiger partial charge in [0.15, 0.2) is 0 Å². The highest BCUT2D eigenvalue weighted by Crippen LogP contribution is 2.21. The number of phenolic OH excluding ortho intramolecular Hbond substituents is 1. The molecule has 0 heterocycles. The summed E-state index contributed by atoms with van der Waals surface area (Å²) < 4.78 is 0. The maximum Gasteiger partial charge on any atom is 0.123 e. The highest BCUT2D eigenvalue weighted by atomic mass is 16.3. The molecular formula is C19H22O. The SMILES string of the molecule is C=C(C)c1cccc(C)c1.C=C(C)c1ccccc1O. The summed E-state index contributed by atoms with van der Waals surface area (Å²) in [6.07, 6.45) is 0. The highest BCUT2D eigenvalue weighted by molar-refractivity contribution is 5.66. The zero-order chi connectivity index (χ0) is 15.1. The predicted molar refractivity (Wildman–Crippen MR) is 88.7 cm³/mol. The van der Waals surface area contributed by atoms with Crippen molar-refractivity contribution in [1.82, 2.24) is 0 Å². The minimum atomic E-state index is 0.301. The van der Waals surface area contributed by atoms with Gasteiger partial charge in [-0.3, -0.25) is 0 Å². The van der Waals surface area contributed by atoms with Crippen molar-refractivity contribution in [3.8, 4) is 5.75 Å². The summed E-state index contributed by atoms with van der Waals surface area (Å²) in [4.78, 5) is 0. The Balaban J connectivity index is 0.000000200. The number of allylic oxidation sites excluding steroid dienone is 2. The first kappa shape index (κ1) is 15.8. The number of hydrogen-bond acceptors (Lipinski definition) is 1. The van der Waals surface area contributed by atoms with E-state index in [1.807, 2.05) is 26.0 Å². The van der Waals surface area contributed by atoms with Crippen LogP contribution in [0, 0.1) is 6.92 Å². The van der Waals surface area contributed by atoms with Crippen molar-refractivity contribution in [2.24, 2.45) is 0 Å². The lowest BCUT2D eigenvalue weighted by molar-refractivity contribution is 0.473. The molecule has 0 atom stereocenters. The van der Waals surface area contributed by atoms with E-state index >= 15 is 0 Å². The van der Waals surface area contributed by atoms with Gasteiger partial charge >= 0.3 is 0 Å². The Morgan fingerprint density at radius 3 is 1.95 bits per heavy atom. The average Bonchev–Trinajstić information content (AvgIpc) is 2.39. The molecule has 0 bridgehead atoms. The van der Waals surface area contributed by atoms with Gasteiger partial charge < -0.3 is 5.11 Å². The summed E-state index contributed by atoms with van der Waals surface area (Å²) in [7, 11) is 0. The molecule has 1 nitrogen and oxygen atoms in total. The third-order valence-electron chi connectivity index (χ3n) is 2.87. The standard InChI is InChI=1S/C10H12.C9H10O/c1-8(2)10-6-4-5-9(3)7-10;1-7(2)8-5-3-4-6-9(8)10/h4-7H,1H2,2-3H3;3-6,10H,1H2,2H3. The molecule has 0 aromatic heterocycles. The van der Waals surface area contributed by atoms with E-state index < -0.39 is 0 Å². The van der Waals surface area contributed by atoms with Crippen molar-refractivity contribution in [2.75, 3.05) is 0 Å². The number of para-hydroxylation sites is 1. The first-order chi connectivity index (χ1) is 9.41. The Labute approximate surface area is 121 Å². The molecule has 0 spiro atoms.